The summed E-state index contributed by atoms with van der Waals surface area (Å²) in [7, 11) is 4.53. The van der Waals surface area contributed by atoms with E-state index in [0.29, 0.717) is 41.7 Å². The van der Waals surface area contributed by atoms with E-state index in [0.717, 1.165) is 30.2 Å². The zero-order valence-electron chi connectivity index (χ0n) is 18.8. The van der Waals surface area contributed by atoms with Gasteiger partial charge in [0, 0.05) is 29.9 Å². The zero-order valence-corrected chi connectivity index (χ0v) is 18.8. The molecule has 2 aromatic carbocycles. The van der Waals surface area contributed by atoms with Crippen LogP contribution in [0.15, 0.2) is 48.5 Å². The molecule has 0 saturated carbocycles. The molecule has 0 radical (unpaired) electrons. The smallest absolute Gasteiger partial charge is 0.255 e. The highest BCUT2D eigenvalue weighted by atomic mass is 16.5. The van der Waals surface area contributed by atoms with E-state index in [4.69, 9.17) is 18.9 Å². The summed E-state index contributed by atoms with van der Waals surface area (Å²) < 4.78 is 21.4. The topological polar surface area (TPSA) is 95.0 Å². The summed E-state index contributed by atoms with van der Waals surface area (Å²) in [5.41, 5.74) is 2.57. The second-order valence-electron chi connectivity index (χ2n) is 7.33. The van der Waals surface area contributed by atoms with Gasteiger partial charge >= 0.3 is 0 Å². The standard InChI is InChI=1S/C24H26N4O5/c1-30-20-14-17(15-21(31-2)23(20)32-3)24(29)25-18-6-4-5-16(13-18)19-7-8-22(27-26-19)28-9-11-33-12-10-28/h4-8,13-15H,9-12H2,1-3H3,(H,25,29). The number of methoxy groups -OCH3 is 3. The minimum atomic E-state index is -0.305. The van der Waals surface area contributed by atoms with Crippen LogP contribution in [0.3, 0.4) is 0 Å². The van der Waals surface area contributed by atoms with Crippen molar-refractivity contribution in [3.05, 3.63) is 54.1 Å². The van der Waals surface area contributed by atoms with Gasteiger partial charge in [0.2, 0.25) is 5.75 Å². The molecule has 1 aliphatic heterocycles. The second-order valence-corrected chi connectivity index (χ2v) is 7.33. The van der Waals surface area contributed by atoms with Crippen molar-refractivity contribution < 1.29 is 23.7 Å². The normalized spacial score (nSPS) is 13.4. The first-order valence-electron chi connectivity index (χ1n) is 10.5. The number of amides is 1. The van der Waals surface area contributed by atoms with Gasteiger partial charge in [0.25, 0.3) is 5.91 Å². The lowest BCUT2D eigenvalue weighted by Gasteiger charge is -2.27. The maximum absolute atomic E-state index is 12.9. The molecule has 1 fully saturated rings. The molecule has 0 bridgehead atoms. The third-order valence-electron chi connectivity index (χ3n) is 5.33. The van der Waals surface area contributed by atoms with Crippen LogP contribution in [0, 0.1) is 0 Å². The third-order valence-corrected chi connectivity index (χ3v) is 5.33. The SMILES string of the molecule is COc1cc(C(=O)Nc2cccc(-c3ccc(N4CCOCC4)nn3)c2)cc(OC)c1OC. The van der Waals surface area contributed by atoms with E-state index in [9.17, 15) is 4.79 Å². The molecule has 1 N–H and O–H groups in total. The van der Waals surface area contributed by atoms with Crippen LogP contribution in [-0.2, 0) is 4.74 Å². The van der Waals surface area contributed by atoms with Gasteiger partial charge in [0.15, 0.2) is 17.3 Å². The predicted molar refractivity (Wildman–Crippen MR) is 125 cm³/mol. The Labute approximate surface area is 192 Å². The summed E-state index contributed by atoms with van der Waals surface area (Å²) in [5.74, 6) is 1.77. The maximum atomic E-state index is 12.9. The summed E-state index contributed by atoms with van der Waals surface area (Å²) in [6.45, 7) is 2.99. The van der Waals surface area contributed by atoms with Gasteiger partial charge in [-0.05, 0) is 36.4 Å². The molecule has 2 heterocycles. The number of aromatic nitrogens is 2. The highest BCUT2D eigenvalue weighted by Gasteiger charge is 2.18. The Hall–Kier alpha value is -3.85. The fourth-order valence-corrected chi connectivity index (χ4v) is 3.61. The molecular weight excluding hydrogens is 424 g/mol. The van der Waals surface area contributed by atoms with Crippen molar-refractivity contribution in [3.8, 4) is 28.5 Å². The Bertz CT molecular complexity index is 1090. The molecule has 1 aliphatic rings. The number of carbonyl (C=O) groups is 1. The van der Waals surface area contributed by atoms with Crippen LogP contribution >= 0.6 is 0 Å². The van der Waals surface area contributed by atoms with Gasteiger partial charge in [-0.25, -0.2) is 0 Å². The fraction of sp³-hybridized carbons (Fsp3) is 0.292. The first-order chi connectivity index (χ1) is 16.1. The molecule has 3 aromatic rings. The molecule has 1 aromatic heterocycles. The molecule has 33 heavy (non-hydrogen) atoms. The fourth-order valence-electron chi connectivity index (χ4n) is 3.61. The lowest BCUT2D eigenvalue weighted by Crippen LogP contribution is -2.36. The van der Waals surface area contributed by atoms with Crippen LogP contribution in [0.4, 0.5) is 11.5 Å². The Morgan fingerprint density at radius 2 is 1.67 bits per heavy atom. The molecule has 0 spiro atoms. The summed E-state index contributed by atoms with van der Waals surface area (Å²) in [5, 5.41) is 11.7. The Morgan fingerprint density at radius 3 is 2.27 bits per heavy atom. The van der Waals surface area contributed by atoms with Gasteiger partial charge in [0.1, 0.15) is 0 Å². The quantitative estimate of drug-likeness (QED) is 0.586. The lowest BCUT2D eigenvalue weighted by atomic mass is 10.1. The van der Waals surface area contributed by atoms with Crippen molar-refractivity contribution in [2.75, 3.05) is 57.8 Å². The molecule has 9 heteroatoms. The number of carbonyl (C=O) groups excluding carboxylic acids is 1. The van der Waals surface area contributed by atoms with E-state index in [-0.39, 0.29) is 5.91 Å². The number of ether oxygens (including phenoxy) is 4. The minimum absolute atomic E-state index is 0.305. The first-order valence-corrected chi connectivity index (χ1v) is 10.5. The highest BCUT2D eigenvalue weighted by Crippen LogP contribution is 2.38. The van der Waals surface area contributed by atoms with E-state index in [2.05, 4.69) is 20.4 Å². The first kappa shape index (κ1) is 22.3. The Morgan fingerprint density at radius 1 is 0.939 bits per heavy atom. The van der Waals surface area contributed by atoms with Crippen molar-refractivity contribution in [1.29, 1.82) is 0 Å². The number of nitrogens with zero attached hydrogens (tertiary/aromatic N) is 3. The molecule has 0 aliphatic carbocycles. The van der Waals surface area contributed by atoms with Gasteiger partial charge in [-0.3, -0.25) is 4.79 Å². The average Bonchev–Trinajstić information content (AvgIpc) is 2.88. The number of morpholine rings is 1. The van der Waals surface area contributed by atoms with E-state index in [1.54, 1.807) is 12.1 Å². The van der Waals surface area contributed by atoms with E-state index in [1.165, 1.54) is 21.3 Å². The van der Waals surface area contributed by atoms with Gasteiger partial charge in [0.05, 0.1) is 40.2 Å². The van der Waals surface area contributed by atoms with Crippen LogP contribution in [0.2, 0.25) is 0 Å². The van der Waals surface area contributed by atoms with Crippen LogP contribution < -0.4 is 24.4 Å². The van der Waals surface area contributed by atoms with Gasteiger partial charge < -0.3 is 29.2 Å². The van der Waals surface area contributed by atoms with Gasteiger partial charge in [-0.2, -0.15) is 0 Å². The number of hydrogen-bond donors (Lipinski definition) is 1. The van der Waals surface area contributed by atoms with E-state index in [1.807, 2.05) is 36.4 Å². The summed E-state index contributed by atoms with van der Waals surface area (Å²) in [6.07, 6.45) is 0. The van der Waals surface area contributed by atoms with Crippen molar-refractivity contribution in [1.82, 2.24) is 10.2 Å². The van der Waals surface area contributed by atoms with Crippen molar-refractivity contribution in [2.24, 2.45) is 0 Å². The zero-order chi connectivity index (χ0) is 23.2. The number of rotatable bonds is 7. The number of nitrogens with one attached hydrogen (secondary N) is 1. The molecule has 1 amide bonds. The van der Waals surface area contributed by atoms with Crippen molar-refractivity contribution in [2.45, 2.75) is 0 Å². The largest absolute Gasteiger partial charge is 0.493 e. The van der Waals surface area contributed by atoms with Gasteiger partial charge in [-0.1, -0.05) is 12.1 Å². The maximum Gasteiger partial charge on any atom is 0.255 e. The molecule has 9 nitrogen and oxygen atoms in total. The molecule has 4 rings (SSSR count). The van der Waals surface area contributed by atoms with Crippen molar-refractivity contribution >= 4 is 17.4 Å². The second kappa shape index (κ2) is 10.2. The van der Waals surface area contributed by atoms with Crippen LogP contribution in [0.25, 0.3) is 11.3 Å². The minimum Gasteiger partial charge on any atom is -0.493 e. The summed E-state index contributed by atoms with van der Waals surface area (Å²) in [4.78, 5) is 15.1. The van der Waals surface area contributed by atoms with Gasteiger partial charge in [-0.15, -0.1) is 10.2 Å². The number of hydrogen-bond acceptors (Lipinski definition) is 8. The van der Waals surface area contributed by atoms with Crippen molar-refractivity contribution in [3.63, 3.8) is 0 Å². The highest BCUT2D eigenvalue weighted by molar-refractivity contribution is 6.05. The Kier molecular flexibility index (Phi) is 6.89. The van der Waals surface area contributed by atoms with E-state index >= 15 is 0 Å². The van der Waals surface area contributed by atoms with Crippen LogP contribution in [0.5, 0.6) is 17.2 Å². The molecule has 0 atom stereocenters. The number of anilines is 2. The molecule has 1 saturated heterocycles. The Balaban J connectivity index is 1.52. The summed E-state index contributed by atoms with van der Waals surface area (Å²) >= 11 is 0. The molecule has 0 unspecified atom stereocenters. The van der Waals surface area contributed by atoms with E-state index < -0.39 is 0 Å². The average molecular weight is 450 g/mol. The molecular formula is C24H26N4O5. The number of benzene rings is 2. The predicted octanol–water partition coefficient (Wildman–Crippen LogP) is 3.26. The molecule has 172 valence electrons. The monoisotopic (exact) mass is 450 g/mol. The van der Waals surface area contributed by atoms with Crippen LogP contribution in [0.1, 0.15) is 10.4 Å². The lowest BCUT2D eigenvalue weighted by molar-refractivity contribution is 0.102. The van der Waals surface area contributed by atoms with Crippen LogP contribution in [-0.4, -0.2) is 63.7 Å². The summed E-state index contributed by atoms with van der Waals surface area (Å²) in [6, 6.07) is 14.5. The third kappa shape index (κ3) is 4.98.